The number of fused-ring (bicyclic) bond motifs is 1. The number of carboxylic acid groups (broad SMARTS) is 1. The fraction of sp³-hybridized carbons (Fsp3) is 0.462. The molecule has 1 heterocycles. The summed E-state index contributed by atoms with van der Waals surface area (Å²) in [5.41, 5.74) is 1.79. The topological polar surface area (TPSA) is 46.5 Å². The molecule has 1 aliphatic carbocycles. The van der Waals surface area contributed by atoms with Crippen molar-refractivity contribution in [2.45, 2.75) is 25.7 Å². The zero-order valence-electron chi connectivity index (χ0n) is 9.03. The summed E-state index contributed by atoms with van der Waals surface area (Å²) < 4.78 is 5.59. The summed E-state index contributed by atoms with van der Waals surface area (Å²) >= 11 is 0. The fourth-order valence-corrected chi connectivity index (χ4v) is 2.40. The number of hydrogen-bond acceptors (Lipinski definition) is 2. The Bertz CT molecular complexity index is 446. The predicted molar refractivity (Wildman–Crippen MR) is 58.6 cm³/mol. The molecule has 1 aromatic carbocycles. The van der Waals surface area contributed by atoms with Crippen LogP contribution in [0.2, 0.25) is 0 Å². The average molecular weight is 218 g/mol. The van der Waals surface area contributed by atoms with Crippen LogP contribution in [-0.4, -0.2) is 17.7 Å². The smallest absolute Gasteiger partial charge is 0.309 e. The minimum absolute atomic E-state index is 0.499. The third kappa shape index (κ3) is 1.39. The molecule has 3 heteroatoms. The molecular formula is C13H14O3. The number of rotatable bonds is 3. The standard InChI is InChI=1S/C13H14O3/c14-12(15)13(5-6-13)8-10-3-1-2-9-4-7-16-11(9)10/h1-3H,4-8H2,(H,14,15). The molecule has 0 bridgehead atoms. The minimum atomic E-state index is -0.664. The van der Waals surface area contributed by atoms with Crippen molar-refractivity contribution in [1.29, 1.82) is 0 Å². The van der Waals surface area contributed by atoms with Crippen molar-refractivity contribution < 1.29 is 14.6 Å². The predicted octanol–water partition coefficient (Wildman–Crippen LogP) is 2.03. The maximum atomic E-state index is 11.1. The Morgan fingerprint density at radius 1 is 1.44 bits per heavy atom. The van der Waals surface area contributed by atoms with Crippen LogP contribution in [0, 0.1) is 5.41 Å². The SMILES string of the molecule is O=C(O)C1(Cc2cccc3c2OCC3)CC1. The summed E-state index contributed by atoms with van der Waals surface area (Å²) in [6.45, 7) is 0.729. The van der Waals surface area contributed by atoms with E-state index >= 15 is 0 Å². The van der Waals surface area contributed by atoms with Gasteiger partial charge in [0.1, 0.15) is 5.75 Å². The van der Waals surface area contributed by atoms with E-state index in [1.165, 1.54) is 5.56 Å². The number of para-hydroxylation sites is 1. The molecule has 2 aliphatic rings. The van der Waals surface area contributed by atoms with Gasteiger partial charge in [0.15, 0.2) is 0 Å². The molecule has 1 aliphatic heterocycles. The molecule has 0 atom stereocenters. The van der Waals surface area contributed by atoms with E-state index in [9.17, 15) is 9.90 Å². The molecule has 1 fully saturated rings. The van der Waals surface area contributed by atoms with Crippen LogP contribution in [0.4, 0.5) is 0 Å². The monoisotopic (exact) mass is 218 g/mol. The number of ether oxygens (including phenoxy) is 1. The van der Waals surface area contributed by atoms with E-state index in [1.807, 2.05) is 12.1 Å². The molecule has 0 amide bonds. The zero-order valence-corrected chi connectivity index (χ0v) is 9.03. The molecule has 1 saturated carbocycles. The Kier molecular flexibility index (Phi) is 1.96. The van der Waals surface area contributed by atoms with Gasteiger partial charge in [-0.1, -0.05) is 18.2 Å². The van der Waals surface area contributed by atoms with Gasteiger partial charge in [0.25, 0.3) is 0 Å². The van der Waals surface area contributed by atoms with Crippen molar-refractivity contribution in [3.63, 3.8) is 0 Å². The van der Waals surface area contributed by atoms with Gasteiger partial charge in [-0.25, -0.2) is 0 Å². The van der Waals surface area contributed by atoms with Crippen molar-refractivity contribution >= 4 is 5.97 Å². The van der Waals surface area contributed by atoms with Gasteiger partial charge in [0, 0.05) is 6.42 Å². The van der Waals surface area contributed by atoms with E-state index in [0.717, 1.165) is 37.2 Å². The third-order valence-corrected chi connectivity index (χ3v) is 3.63. The van der Waals surface area contributed by atoms with Crippen LogP contribution in [0.5, 0.6) is 5.75 Å². The second kappa shape index (κ2) is 3.24. The van der Waals surface area contributed by atoms with E-state index < -0.39 is 11.4 Å². The highest BCUT2D eigenvalue weighted by atomic mass is 16.5. The maximum absolute atomic E-state index is 11.1. The van der Waals surface area contributed by atoms with Gasteiger partial charge >= 0.3 is 5.97 Å². The quantitative estimate of drug-likeness (QED) is 0.844. The lowest BCUT2D eigenvalue weighted by Gasteiger charge is -2.12. The first-order valence-electron chi connectivity index (χ1n) is 5.68. The highest BCUT2D eigenvalue weighted by Gasteiger charge is 2.50. The van der Waals surface area contributed by atoms with Crippen LogP contribution in [-0.2, 0) is 17.6 Å². The zero-order chi connectivity index (χ0) is 11.2. The van der Waals surface area contributed by atoms with E-state index in [2.05, 4.69) is 6.07 Å². The van der Waals surface area contributed by atoms with Crippen molar-refractivity contribution in [1.82, 2.24) is 0 Å². The summed E-state index contributed by atoms with van der Waals surface area (Å²) in [4.78, 5) is 11.1. The Morgan fingerprint density at radius 2 is 2.25 bits per heavy atom. The Hall–Kier alpha value is -1.51. The van der Waals surface area contributed by atoms with E-state index in [0.29, 0.717) is 6.42 Å². The number of aliphatic carboxylic acids is 1. The summed E-state index contributed by atoms with van der Waals surface area (Å²) in [5, 5.41) is 9.17. The summed E-state index contributed by atoms with van der Waals surface area (Å²) in [7, 11) is 0. The molecule has 16 heavy (non-hydrogen) atoms. The highest BCUT2D eigenvalue weighted by molar-refractivity contribution is 5.78. The molecule has 84 valence electrons. The van der Waals surface area contributed by atoms with Gasteiger partial charge in [-0.05, 0) is 30.4 Å². The van der Waals surface area contributed by atoms with Crippen molar-refractivity contribution in [2.75, 3.05) is 6.61 Å². The molecular weight excluding hydrogens is 204 g/mol. The molecule has 0 radical (unpaired) electrons. The molecule has 0 unspecified atom stereocenters. The summed E-state index contributed by atoms with van der Waals surface area (Å²) in [6.07, 6.45) is 3.16. The lowest BCUT2D eigenvalue weighted by atomic mass is 9.94. The first kappa shape index (κ1) is 9.70. The van der Waals surface area contributed by atoms with E-state index in [1.54, 1.807) is 0 Å². The van der Waals surface area contributed by atoms with Crippen LogP contribution in [0.25, 0.3) is 0 Å². The van der Waals surface area contributed by atoms with Crippen LogP contribution in [0.15, 0.2) is 18.2 Å². The normalized spacial score (nSPS) is 20.0. The van der Waals surface area contributed by atoms with Gasteiger partial charge in [-0.15, -0.1) is 0 Å². The Morgan fingerprint density at radius 3 is 2.94 bits per heavy atom. The second-order valence-electron chi connectivity index (χ2n) is 4.77. The first-order valence-corrected chi connectivity index (χ1v) is 5.68. The van der Waals surface area contributed by atoms with Crippen molar-refractivity contribution in [3.8, 4) is 5.75 Å². The number of hydrogen-bond donors (Lipinski definition) is 1. The summed E-state index contributed by atoms with van der Waals surface area (Å²) in [5.74, 6) is 0.276. The molecule has 1 aromatic rings. The molecule has 0 aromatic heterocycles. The van der Waals surface area contributed by atoms with E-state index in [-0.39, 0.29) is 0 Å². The number of benzene rings is 1. The highest BCUT2D eigenvalue weighted by Crippen LogP contribution is 2.50. The molecule has 1 N–H and O–H groups in total. The maximum Gasteiger partial charge on any atom is 0.309 e. The fourth-order valence-electron chi connectivity index (χ4n) is 2.40. The molecule has 3 rings (SSSR count). The van der Waals surface area contributed by atoms with Crippen LogP contribution in [0.1, 0.15) is 24.0 Å². The molecule has 0 spiro atoms. The first-order chi connectivity index (χ1) is 7.71. The van der Waals surface area contributed by atoms with Gasteiger partial charge in [0.2, 0.25) is 0 Å². The molecule has 0 saturated heterocycles. The van der Waals surface area contributed by atoms with Crippen LogP contribution < -0.4 is 4.74 Å². The van der Waals surface area contributed by atoms with Crippen molar-refractivity contribution in [2.24, 2.45) is 5.41 Å². The number of carboxylic acids is 1. The van der Waals surface area contributed by atoms with Crippen molar-refractivity contribution in [3.05, 3.63) is 29.3 Å². The third-order valence-electron chi connectivity index (χ3n) is 3.63. The van der Waals surface area contributed by atoms with Gasteiger partial charge in [0.05, 0.1) is 12.0 Å². The largest absolute Gasteiger partial charge is 0.493 e. The van der Waals surface area contributed by atoms with Gasteiger partial charge in [-0.2, -0.15) is 0 Å². The van der Waals surface area contributed by atoms with Gasteiger partial charge < -0.3 is 9.84 Å². The molecule has 3 nitrogen and oxygen atoms in total. The lowest BCUT2D eigenvalue weighted by Crippen LogP contribution is -2.17. The Labute approximate surface area is 94.0 Å². The van der Waals surface area contributed by atoms with Crippen LogP contribution >= 0.6 is 0 Å². The lowest BCUT2D eigenvalue weighted by molar-refractivity contribution is -0.143. The number of carbonyl (C=O) groups is 1. The Balaban J connectivity index is 1.91. The summed E-state index contributed by atoms with van der Waals surface area (Å²) in [6, 6.07) is 6.06. The van der Waals surface area contributed by atoms with E-state index in [4.69, 9.17) is 4.74 Å². The minimum Gasteiger partial charge on any atom is -0.493 e. The van der Waals surface area contributed by atoms with Crippen LogP contribution in [0.3, 0.4) is 0 Å². The van der Waals surface area contributed by atoms with Gasteiger partial charge in [-0.3, -0.25) is 4.79 Å². The second-order valence-corrected chi connectivity index (χ2v) is 4.77. The average Bonchev–Trinajstić information content (AvgIpc) is 2.89.